The van der Waals surface area contributed by atoms with Gasteiger partial charge in [-0.3, -0.25) is 4.79 Å². The van der Waals surface area contributed by atoms with Gasteiger partial charge < -0.3 is 14.0 Å². The molecule has 1 aliphatic rings. The minimum Gasteiger partial charge on any atom is -0.463 e. The van der Waals surface area contributed by atoms with Crippen LogP contribution in [0.15, 0.2) is 54.6 Å². The van der Waals surface area contributed by atoms with Crippen LogP contribution in [0.5, 0.6) is 0 Å². The number of carbonyl (C=O) groups is 2. The Morgan fingerprint density at radius 2 is 1.67 bits per heavy atom. The van der Waals surface area contributed by atoms with Crippen LogP contribution in [0, 0.1) is 5.41 Å². The Morgan fingerprint density at radius 3 is 2.27 bits per heavy atom. The Bertz CT molecular complexity index is 1180. The van der Waals surface area contributed by atoms with E-state index in [0.717, 1.165) is 34.4 Å². The number of hydrogen-bond acceptors (Lipinski definition) is 4. The molecule has 172 valence electrons. The number of ether oxygens (including phenoxy) is 2. The zero-order valence-electron chi connectivity index (χ0n) is 19.4. The summed E-state index contributed by atoms with van der Waals surface area (Å²) >= 11 is 6.18. The van der Waals surface area contributed by atoms with E-state index in [1.807, 2.05) is 42.5 Å². The van der Waals surface area contributed by atoms with Crippen LogP contribution in [0.25, 0.3) is 22.3 Å². The van der Waals surface area contributed by atoms with Crippen molar-refractivity contribution >= 4 is 23.5 Å². The number of benzene rings is 2. The predicted molar refractivity (Wildman–Crippen MR) is 129 cm³/mol. The number of fused-ring (bicyclic) bond motifs is 1. The Hall–Kier alpha value is -3.05. The van der Waals surface area contributed by atoms with Crippen LogP contribution in [0.3, 0.4) is 0 Å². The summed E-state index contributed by atoms with van der Waals surface area (Å²) in [6.45, 7) is 8.34. The first-order valence-corrected chi connectivity index (χ1v) is 11.5. The summed E-state index contributed by atoms with van der Waals surface area (Å²) in [7, 11) is 0. The molecule has 2 aromatic carbocycles. The molecular formula is C27H28ClNO4. The van der Waals surface area contributed by atoms with Gasteiger partial charge in [0.1, 0.15) is 0 Å². The van der Waals surface area contributed by atoms with Gasteiger partial charge in [0, 0.05) is 35.3 Å². The molecule has 33 heavy (non-hydrogen) atoms. The zero-order valence-corrected chi connectivity index (χ0v) is 20.1. The third-order valence-electron chi connectivity index (χ3n) is 5.87. The molecule has 1 atom stereocenters. The highest BCUT2D eigenvalue weighted by molar-refractivity contribution is 6.30. The number of rotatable bonds is 6. The normalized spacial score (nSPS) is 15.1. The maximum Gasteiger partial charge on any atom is 0.353 e. The third-order valence-corrected chi connectivity index (χ3v) is 6.12. The number of halogens is 1. The highest BCUT2D eigenvalue weighted by atomic mass is 35.5. The van der Waals surface area contributed by atoms with Gasteiger partial charge in [0.2, 0.25) is 6.10 Å². The fraction of sp³-hybridized carbons (Fsp3) is 0.333. The Labute approximate surface area is 199 Å². The molecule has 0 radical (unpaired) electrons. The molecule has 4 rings (SSSR count). The standard InChI is InChI=1S/C27H28ClNO4/c1-5-32-26(31)25(33-17(2)30)24-23(19-11-13-20(28)14-12-19)22(18-9-7-6-8-10-18)21-15-27(3,4)16-29(21)24/h6-14,25H,5,15-16H2,1-4H3. The third kappa shape index (κ3) is 4.55. The maximum atomic E-state index is 13.1. The van der Waals surface area contributed by atoms with E-state index in [4.69, 9.17) is 21.1 Å². The maximum absolute atomic E-state index is 13.1. The first-order chi connectivity index (χ1) is 15.7. The smallest absolute Gasteiger partial charge is 0.353 e. The van der Waals surface area contributed by atoms with Gasteiger partial charge in [-0.25, -0.2) is 4.79 Å². The van der Waals surface area contributed by atoms with Crippen molar-refractivity contribution in [1.29, 1.82) is 0 Å². The monoisotopic (exact) mass is 465 g/mol. The summed E-state index contributed by atoms with van der Waals surface area (Å²) in [6, 6.07) is 17.6. The molecule has 0 N–H and O–H groups in total. The number of hydrogen-bond donors (Lipinski definition) is 0. The molecular weight excluding hydrogens is 438 g/mol. The van der Waals surface area contributed by atoms with Gasteiger partial charge in [-0.1, -0.05) is 67.9 Å². The van der Waals surface area contributed by atoms with E-state index < -0.39 is 18.0 Å². The quantitative estimate of drug-likeness (QED) is 0.405. The van der Waals surface area contributed by atoms with Crippen LogP contribution in [-0.2, 0) is 32.0 Å². The van der Waals surface area contributed by atoms with Crippen molar-refractivity contribution in [3.8, 4) is 22.3 Å². The van der Waals surface area contributed by atoms with Crippen LogP contribution in [0.2, 0.25) is 5.02 Å². The van der Waals surface area contributed by atoms with Crippen molar-refractivity contribution in [3.05, 3.63) is 71.0 Å². The average molecular weight is 466 g/mol. The van der Waals surface area contributed by atoms with E-state index in [0.29, 0.717) is 17.3 Å². The zero-order chi connectivity index (χ0) is 23.8. The highest BCUT2D eigenvalue weighted by Gasteiger charge is 2.41. The van der Waals surface area contributed by atoms with Crippen LogP contribution in [-0.4, -0.2) is 23.1 Å². The lowest BCUT2D eigenvalue weighted by Crippen LogP contribution is -2.25. The van der Waals surface area contributed by atoms with Crippen LogP contribution in [0.1, 0.15) is 45.2 Å². The first kappa shape index (κ1) is 23.1. The minimum atomic E-state index is -1.17. The van der Waals surface area contributed by atoms with Gasteiger partial charge in [-0.15, -0.1) is 0 Å². The molecule has 0 saturated heterocycles. The van der Waals surface area contributed by atoms with E-state index in [1.165, 1.54) is 6.92 Å². The summed E-state index contributed by atoms with van der Waals surface area (Å²) in [5, 5.41) is 0.622. The van der Waals surface area contributed by atoms with Gasteiger partial charge in [0.05, 0.1) is 12.3 Å². The second kappa shape index (κ2) is 9.06. The summed E-state index contributed by atoms with van der Waals surface area (Å²) in [5.74, 6) is -1.11. The average Bonchev–Trinajstić information content (AvgIpc) is 3.23. The van der Waals surface area contributed by atoms with Crippen molar-refractivity contribution in [2.24, 2.45) is 5.41 Å². The number of aromatic nitrogens is 1. The lowest BCUT2D eigenvalue weighted by atomic mass is 9.86. The molecule has 5 nitrogen and oxygen atoms in total. The summed E-state index contributed by atoms with van der Waals surface area (Å²) in [5.41, 5.74) is 5.59. The number of carbonyl (C=O) groups excluding carboxylic acids is 2. The van der Waals surface area contributed by atoms with Gasteiger partial charge >= 0.3 is 11.9 Å². The molecule has 0 bridgehead atoms. The molecule has 3 aromatic rings. The van der Waals surface area contributed by atoms with Gasteiger partial charge in [-0.05, 0) is 42.0 Å². The molecule has 1 aromatic heterocycles. The van der Waals surface area contributed by atoms with Gasteiger partial charge in [0.15, 0.2) is 0 Å². The fourth-order valence-corrected chi connectivity index (χ4v) is 4.81. The summed E-state index contributed by atoms with van der Waals surface area (Å²) in [4.78, 5) is 25.2. The van der Waals surface area contributed by atoms with E-state index >= 15 is 0 Å². The van der Waals surface area contributed by atoms with Crippen LogP contribution < -0.4 is 0 Å². The number of nitrogens with zero attached hydrogens (tertiary/aromatic N) is 1. The lowest BCUT2D eigenvalue weighted by molar-refractivity contribution is -0.167. The predicted octanol–water partition coefficient (Wildman–Crippen LogP) is 6.23. The van der Waals surface area contributed by atoms with Gasteiger partial charge in [0.25, 0.3) is 0 Å². The Balaban J connectivity index is 2.07. The Morgan fingerprint density at radius 1 is 1.03 bits per heavy atom. The SMILES string of the molecule is CCOC(=O)C(OC(C)=O)c1c(-c2ccc(Cl)cc2)c(-c2ccccc2)c2n1CC(C)(C)C2. The molecule has 0 spiro atoms. The van der Waals surface area contributed by atoms with Crippen LogP contribution in [0.4, 0.5) is 0 Å². The molecule has 1 aliphatic heterocycles. The largest absolute Gasteiger partial charge is 0.463 e. The minimum absolute atomic E-state index is 0.0123. The topological polar surface area (TPSA) is 57.5 Å². The second-order valence-corrected chi connectivity index (χ2v) is 9.56. The molecule has 0 saturated carbocycles. The fourth-order valence-electron chi connectivity index (χ4n) is 4.69. The van der Waals surface area contributed by atoms with E-state index in [2.05, 4.69) is 30.5 Å². The van der Waals surface area contributed by atoms with Crippen LogP contribution >= 0.6 is 11.6 Å². The van der Waals surface area contributed by atoms with E-state index in [1.54, 1.807) is 6.92 Å². The molecule has 6 heteroatoms. The Kier molecular flexibility index (Phi) is 6.35. The van der Waals surface area contributed by atoms with E-state index in [-0.39, 0.29) is 12.0 Å². The van der Waals surface area contributed by atoms with Crippen molar-refractivity contribution in [2.45, 2.75) is 46.8 Å². The van der Waals surface area contributed by atoms with Crippen molar-refractivity contribution in [3.63, 3.8) is 0 Å². The lowest BCUT2D eigenvalue weighted by Gasteiger charge is -2.23. The highest BCUT2D eigenvalue weighted by Crippen LogP contribution is 2.49. The van der Waals surface area contributed by atoms with Gasteiger partial charge in [-0.2, -0.15) is 0 Å². The molecule has 1 unspecified atom stereocenters. The molecule has 2 heterocycles. The van der Waals surface area contributed by atoms with Crippen molar-refractivity contribution in [1.82, 2.24) is 4.57 Å². The van der Waals surface area contributed by atoms with Crippen molar-refractivity contribution in [2.75, 3.05) is 6.61 Å². The molecule has 0 fully saturated rings. The number of esters is 2. The first-order valence-electron chi connectivity index (χ1n) is 11.1. The second-order valence-electron chi connectivity index (χ2n) is 9.12. The molecule has 0 aliphatic carbocycles. The summed E-state index contributed by atoms with van der Waals surface area (Å²) < 4.78 is 13.1. The summed E-state index contributed by atoms with van der Waals surface area (Å²) in [6.07, 6.45) is -0.341. The van der Waals surface area contributed by atoms with E-state index in [9.17, 15) is 9.59 Å². The molecule has 0 amide bonds. The van der Waals surface area contributed by atoms with Crippen molar-refractivity contribution < 1.29 is 19.1 Å².